The molecule has 1 aliphatic rings. The fraction of sp³-hybridized carbons (Fsp3) is 0.238. The maximum Gasteiger partial charge on any atom is 0.168 e. The molecule has 4 aromatic rings. The molecule has 3 aromatic heterocycles. The molecule has 0 unspecified atom stereocenters. The van der Waals surface area contributed by atoms with E-state index in [1.54, 1.807) is 6.33 Å². The highest BCUT2D eigenvalue weighted by atomic mass is 15.3. The monoisotopic (exact) mass is 371 g/mol. The molecule has 0 N–H and O–H groups in total. The summed E-state index contributed by atoms with van der Waals surface area (Å²) < 4.78 is 1.89. The molecule has 140 valence electrons. The van der Waals surface area contributed by atoms with Crippen molar-refractivity contribution in [3.8, 4) is 5.69 Å². The average molecular weight is 371 g/mol. The number of fused-ring (bicyclic) bond motifs is 1. The first-order valence-corrected chi connectivity index (χ1v) is 9.46. The van der Waals surface area contributed by atoms with Gasteiger partial charge in [0.25, 0.3) is 0 Å². The van der Waals surface area contributed by atoms with Crippen molar-refractivity contribution in [2.45, 2.75) is 6.92 Å². The highest BCUT2D eigenvalue weighted by Gasteiger charge is 2.22. The molecule has 0 atom stereocenters. The van der Waals surface area contributed by atoms with E-state index in [1.807, 2.05) is 41.3 Å². The fourth-order valence-corrected chi connectivity index (χ4v) is 3.72. The molecular weight excluding hydrogens is 350 g/mol. The smallest absolute Gasteiger partial charge is 0.168 e. The van der Waals surface area contributed by atoms with Crippen LogP contribution in [0.3, 0.4) is 0 Å². The Morgan fingerprint density at radius 1 is 0.857 bits per heavy atom. The van der Waals surface area contributed by atoms with Gasteiger partial charge in [-0.3, -0.25) is 0 Å². The Bertz CT molecular complexity index is 1100. The van der Waals surface area contributed by atoms with Gasteiger partial charge in [-0.1, -0.05) is 18.2 Å². The minimum Gasteiger partial charge on any atom is -0.353 e. The van der Waals surface area contributed by atoms with Crippen LogP contribution in [0.4, 0.5) is 11.6 Å². The van der Waals surface area contributed by atoms with E-state index in [2.05, 4.69) is 55.0 Å². The number of hydrogen-bond donors (Lipinski definition) is 0. The lowest BCUT2D eigenvalue weighted by molar-refractivity contribution is 0.643. The van der Waals surface area contributed by atoms with Crippen molar-refractivity contribution in [3.63, 3.8) is 0 Å². The summed E-state index contributed by atoms with van der Waals surface area (Å²) in [5.41, 5.74) is 3.04. The third-order valence-electron chi connectivity index (χ3n) is 5.14. The van der Waals surface area contributed by atoms with E-state index in [-0.39, 0.29) is 0 Å². The van der Waals surface area contributed by atoms with Crippen LogP contribution >= 0.6 is 0 Å². The largest absolute Gasteiger partial charge is 0.353 e. The fourth-order valence-electron chi connectivity index (χ4n) is 3.72. The Labute approximate surface area is 163 Å². The molecule has 1 aromatic carbocycles. The molecule has 1 aliphatic heterocycles. The molecule has 1 fully saturated rings. The van der Waals surface area contributed by atoms with Crippen LogP contribution in [0.2, 0.25) is 0 Å². The molecule has 0 bridgehead atoms. The summed E-state index contributed by atoms with van der Waals surface area (Å²) in [6, 6.07) is 14.3. The lowest BCUT2D eigenvalue weighted by Crippen LogP contribution is -2.47. The van der Waals surface area contributed by atoms with E-state index in [0.717, 1.165) is 54.5 Å². The molecule has 28 heavy (non-hydrogen) atoms. The highest BCUT2D eigenvalue weighted by Crippen LogP contribution is 2.26. The first-order valence-electron chi connectivity index (χ1n) is 9.46. The van der Waals surface area contributed by atoms with Gasteiger partial charge >= 0.3 is 0 Å². The van der Waals surface area contributed by atoms with Gasteiger partial charge in [-0.15, -0.1) is 0 Å². The Hall–Kier alpha value is -3.48. The van der Waals surface area contributed by atoms with Gasteiger partial charge in [0.15, 0.2) is 5.65 Å². The van der Waals surface area contributed by atoms with E-state index in [9.17, 15) is 0 Å². The standard InChI is InChI=1S/C21H21N7/c1-16-5-4-6-17(13-16)28-21-18(14-25-28)20(23-15-24-21)27-11-9-26(10-12-27)19-7-2-3-8-22-19/h2-8,13-15H,9-12H2,1H3. The van der Waals surface area contributed by atoms with E-state index in [1.165, 1.54) is 5.56 Å². The number of nitrogens with zero attached hydrogens (tertiary/aromatic N) is 7. The maximum absolute atomic E-state index is 4.59. The van der Waals surface area contributed by atoms with Gasteiger partial charge in [0.1, 0.15) is 18.0 Å². The van der Waals surface area contributed by atoms with Crippen LogP contribution in [-0.2, 0) is 0 Å². The number of rotatable bonds is 3. The summed E-state index contributed by atoms with van der Waals surface area (Å²) in [6.45, 7) is 5.68. The minimum absolute atomic E-state index is 0.836. The third kappa shape index (κ3) is 2.94. The predicted octanol–water partition coefficient (Wildman–Crippen LogP) is 2.85. The summed E-state index contributed by atoms with van der Waals surface area (Å²) >= 11 is 0. The number of hydrogen-bond acceptors (Lipinski definition) is 6. The number of aromatic nitrogens is 5. The number of piperazine rings is 1. The van der Waals surface area contributed by atoms with E-state index in [0.29, 0.717) is 0 Å². The van der Waals surface area contributed by atoms with Crippen LogP contribution in [0, 0.1) is 6.92 Å². The zero-order chi connectivity index (χ0) is 18.9. The molecule has 0 aliphatic carbocycles. The molecule has 7 nitrogen and oxygen atoms in total. The van der Waals surface area contributed by atoms with Crippen molar-refractivity contribution < 1.29 is 0 Å². The van der Waals surface area contributed by atoms with Crippen molar-refractivity contribution in [2.75, 3.05) is 36.0 Å². The zero-order valence-electron chi connectivity index (χ0n) is 15.7. The molecule has 0 radical (unpaired) electrons. The molecule has 1 saturated heterocycles. The van der Waals surface area contributed by atoms with Crippen LogP contribution in [0.1, 0.15) is 5.56 Å². The lowest BCUT2D eigenvalue weighted by Gasteiger charge is -2.36. The van der Waals surface area contributed by atoms with Gasteiger partial charge in [0.2, 0.25) is 0 Å². The molecule has 0 saturated carbocycles. The molecule has 5 rings (SSSR count). The molecule has 4 heterocycles. The van der Waals surface area contributed by atoms with E-state index >= 15 is 0 Å². The van der Waals surface area contributed by atoms with Gasteiger partial charge in [-0.2, -0.15) is 5.10 Å². The lowest BCUT2D eigenvalue weighted by atomic mass is 10.2. The van der Waals surface area contributed by atoms with Gasteiger partial charge in [-0.05, 0) is 36.8 Å². The second-order valence-electron chi connectivity index (χ2n) is 6.99. The molecule has 7 heteroatoms. The second kappa shape index (κ2) is 6.92. The van der Waals surface area contributed by atoms with Gasteiger partial charge in [0.05, 0.1) is 17.3 Å². The third-order valence-corrected chi connectivity index (χ3v) is 5.14. The summed E-state index contributed by atoms with van der Waals surface area (Å²) in [5.74, 6) is 1.98. The summed E-state index contributed by atoms with van der Waals surface area (Å²) in [5, 5.41) is 5.57. The van der Waals surface area contributed by atoms with Crippen LogP contribution in [-0.4, -0.2) is 50.9 Å². The van der Waals surface area contributed by atoms with Crippen molar-refractivity contribution in [1.82, 2.24) is 24.7 Å². The van der Waals surface area contributed by atoms with Crippen molar-refractivity contribution in [2.24, 2.45) is 0 Å². The first-order chi connectivity index (χ1) is 13.8. The van der Waals surface area contributed by atoms with Crippen LogP contribution in [0.25, 0.3) is 16.7 Å². The normalized spacial score (nSPS) is 14.6. The molecule has 0 spiro atoms. The number of pyridine rings is 1. The minimum atomic E-state index is 0.836. The van der Waals surface area contributed by atoms with Crippen molar-refractivity contribution in [3.05, 3.63) is 66.7 Å². The number of benzene rings is 1. The Morgan fingerprint density at radius 2 is 1.71 bits per heavy atom. The SMILES string of the molecule is Cc1cccc(-n2ncc3c(N4CCN(c5ccccn5)CC4)ncnc32)c1. The topological polar surface area (TPSA) is 63.0 Å². The molecular formula is C21H21N7. The highest BCUT2D eigenvalue weighted by molar-refractivity contribution is 5.87. The predicted molar refractivity (Wildman–Crippen MR) is 110 cm³/mol. The van der Waals surface area contributed by atoms with Gasteiger partial charge in [0, 0.05) is 32.4 Å². The number of anilines is 2. The van der Waals surface area contributed by atoms with Crippen LogP contribution in [0.5, 0.6) is 0 Å². The quantitative estimate of drug-likeness (QED) is 0.552. The van der Waals surface area contributed by atoms with Gasteiger partial charge in [-0.25, -0.2) is 19.6 Å². The summed E-state index contributed by atoms with van der Waals surface area (Å²) in [6.07, 6.45) is 5.35. The first kappa shape index (κ1) is 16.7. The van der Waals surface area contributed by atoms with E-state index in [4.69, 9.17) is 0 Å². The second-order valence-corrected chi connectivity index (χ2v) is 6.99. The van der Waals surface area contributed by atoms with Gasteiger partial charge < -0.3 is 9.80 Å². The zero-order valence-corrected chi connectivity index (χ0v) is 15.7. The summed E-state index contributed by atoms with van der Waals surface area (Å²) in [4.78, 5) is 18.2. The summed E-state index contributed by atoms with van der Waals surface area (Å²) in [7, 11) is 0. The Kier molecular flexibility index (Phi) is 4.12. The van der Waals surface area contributed by atoms with Crippen molar-refractivity contribution in [1.29, 1.82) is 0 Å². The Balaban J connectivity index is 1.43. The maximum atomic E-state index is 4.59. The molecule has 0 amide bonds. The van der Waals surface area contributed by atoms with E-state index < -0.39 is 0 Å². The van der Waals surface area contributed by atoms with Crippen LogP contribution < -0.4 is 9.80 Å². The van der Waals surface area contributed by atoms with Crippen molar-refractivity contribution >= 4 is 22.7 Å². The number of aryl methyl sites for hydroxylation is 1. The average Bonchev–Trinajstić information content (AvgIpc) is 3.19. The Morgan fingerprint density at radius 3 is 2.50 bits per heavy atom. The van der Waals surface area contributed by atoms with Crippen LogP contribution in [0.15, 0.2) is 61.2 Å².